The highest BCUT2D eigenvalue weighted by Crippen LogP contribution is 2.38. The number of nitrogens with zero attached hydrogens (tertiary/aromatic N) is 2. The summed E-state index contributed by atoms with van der Waals surface area (Å²) in [7, 11) is 0. The molecule has 1 aromatic heterocycles. The fourth-order valence-electron chi connectivity index (χ4n) is 4.28. The molecule has 4 aromatic rings. The number of anilines is 1. The third-order valence-electron chi connectivity index (χ3n) is 5.76. The van der Waals surface area contributed by atoms with E-state index in [2.05, 4.69) is 22.0 Å². The molecular formula is C26H21Cl2N3O. The van der Waals surface area contributed by atoms with Crippen molar-refractivity contribution in [1.82, 2.24) is 9.47 Å². The molecule has 0 aliphatic carbocycles. The number of fused-ring (bicyclic) bond motifs is 3. The summed E-state index contributed by atoms with van der Waals surface area (Å²) in [4.78, 5) is 15.5. The van der Waals surface area contributed by atoms with Crippen LogP contribution in [0.3, 0.4) is 0 Å². The van der Waals surface area contributed by atoms with Crippen molar-refractivity contribution in [2.24, 2.45) is 0 Å². The first-order valence-corrected chi connectivity index (χ1v) is 11.1. The molecule has 2 amide bonds. The highest BCUT2D eigenvalue weighted by Gasteiger charge is 2.33. The summed E-state index contributed by atoms with van der Waals surface area (Å²) < 4.78 is 2.15. The van der Waals surface area contributed by atoms with Gasteiger partial charge in [0.15, 0.2) is 0 Å². The van der Waals surface area contributed by atoms with Gasteiger partial charge in [0.05, 0.1) is 29.0 Å². The number of rotatable bonds is 2. The second kappa shape index (κ2) is 8.38. The Morgan fingerprint density at radius 3 is 2.62 bits per heavy atom. The number of hydrogen-bond donors (Lipinski definition) is 1. The minimum Gasteiger partial charge on any atom is -0.318 e. The maximum Gasteiger partial charge on any atom is 0.323 e. The van der Waals surface area contributed by atoms with Gasteiger partial charge in [0.25, 0.3) is 0 Å². The van der Waals surface area contributed by atoms with Gasteiger partial charge >= 0.3 is 6.03 Å². The van der Waals surface area contributed by atoms with E-state index < -0.39 is 0 Å². The first-order chi connectivity index (χ1) is 15.5. The smallest absolute Gasteiger partial charge is 0.318 e. The molecule has 6 heteroatoms. The maximum atomic E-state index is 13.7. The van der Waals surface area contributed by atoms with Crippen molar-refractivity contribution >= 4 is 34.9 Å². The number of carbonyl (C=O) groups excluding carboxylic acids is 1. The Labute approximate surface area is 197 Å². The largest absolute Gasteiger partial charge is 0.323 e. The molecule has 4 nitrogen and oxygen atoms in total. The van der Waals surface area contributed by atoms with Gasteiger partial charge in [-0.2, -0.15) is 0 Å². The minimum absolute atomic E-state index is 0.231. The average molecular weight is 462 g/mol. The zero-order valence-electron chi connectivity index (χ0n) is 17.4. The molecule has 0 radical (unpaired) electrons. The second-order valence-electron chi connectivity index (χ2n) is 7.93. The van der Waals surface area contributed by atoms with Gasteiger partial charge in [0.2, 0.25) is 0 Å². The number of urea groups is 1. The zero-order chi connectivity index (χ0) is 22.2. The summed E-state index contributed by atoms with van der Waals surface area (Å²) in [5, 5.41) is 4.16. The number of aromatic nitrogens is 1. The molecule has 1 aliphatic heterocycles. The summed E-state index contributed by atoms with van der Waals surface area (Å²) in [5.41, 5.74) is 5.66. The normalized spacial score (nSPS) is 15.0. The quantitative estimate of drug-likeness (QED) is 0.335. The Morgan fingerprint density at radius 1 is 0.969 bits per heavy atom. The molecule has 2 heterocycles. The molecule has 3 aromatic carbocycles. The molecule has 160 valence electrons. The third-order valence-corrected chi connectivity index (χ3v) is 6.30. The van der Waals surface area contributed by atoms with Crippen molar-refractivity contribution in [3.05, 3.63) is 117 Å². The summed E-state index contributed by atoms with van der Waals surface area (Å²) in [6.45, 7) is 2.40. The van der Waals surface area contributed by atoms with E-state index in [0.29, 0.717) is 22.3 Å². The molecule has 5 rings (SSSR count). The van der Waals surface area contributed by atoms with Gasteiger partial charge in [0, 0.05) is 16.9 Å². The van der Waals surface area contributed by atoms with Crippen LogP contribution in [0.1, 0.15) is 28.4 Å². The Hall–Kier alpha value is -3.21. The van der Waals surface area contributed by atoms with Gasteiger partial charge in [-0.1, -0.05) is 59.6 Å². The van der Waals surface area contributed by atoms with Crippen molar-refractivity contribution < 1.29 is 4.79 Å². The van der Waals surface area contributed by atoms with Crippen LogP contribution in [0.25, 0.3) is 5.69 Å². The van der Waals surface area contributed by atoms with Crippen LogP contribution in [0.2, 0.25) is 10.0 Å². The molecule has 1 unspecified atom stereocenters. The van der Waals surface area contributed by atoms with Crippen LogP contribution >= 0.6 is 23.2 Å². The van der Waals surface area contributed by atoms with E-state index in [-0.39, 0.29) is 12.1 Å². The lowest BCUT2D eigenvalue weighted by Gasteiger charge is -2.31. The van der Waals surface area contributed by atoms with E-state index in [9.17, 15) is 4.79 Å². The molecule has 0 bridgehead atoms. The predicted molar refractivity (Wildman–Crippen MR) is 130 cm³/mol. The molecule has 32 heavy (non-hydrogen) atoms. The summed E-state index contributed by atoms with van der Waals surface area (Å²) >= 11 is 12.8. The summed E-state index contributed by atoms with van der Waals surface area (Å²) in [6, 6.07) is 24.9. The van der Waals surface area contributed by atoms with Gasteiger partial charge in [-0.25, -0.2) is 4.79 Å². The van der Waals surface area contributed by atoms with Gasteiger partial charge in [-0.15, -0.1) is 0 Å². The van der Waals surface area contributed by atoms with Gasteiger partial charge < -0.3 is 14.8 Å². The van der Waals surface area contributed by atoms with Crippen molar-refractivity contribution in [2.75, 3.05) is 5.32 Å². The summed E-state index contributed by atoms with van der Waals surface area (Å²) in [5.74, 6) is 0. The van der Waals surface area contributed by atoms with E-state index in [1.807, 2.05) is 84.8 Å². The van der Waals surface area contributed by atoms with E-state index in [4.69, 9.17) is 23.2 Å². The van der Waals surface area contributed by atoms with E-state index >= 15 is 0 Å². The van der Waals surface area contributed by atoms with Crippen molar-refractivity contribution in [3.8, 4) is 5.69 Å². The highest BCUT2D eigenvalue weighted by atomic mass is 35.5. The lowest BCUT2D eigenvalue weighted by Crippen LogP contribution is -2.38. The van der Waals surface area contributed by atoms with E-state index in [0.717, 1.165) is 28.1 Å². The molecule has 0 fully saturated rings. The second-order valence-corrected chi connectivity index (χ2v) is 8.77. The van der Waals surface area contributed by atoms with Crippen molar-refractivity contribution in [3.63, 3.8) is 0 Å². The Balaban J connectivity index is 1.64. The monoisotopic (exact) mass is 461 g/mol. The number of para-hydroxylation sites is 1. The van der Waals surface area contributed by atoms with Crippen LogP contribution in [-0.2, 0) is 6.54 Å². The lowest BCUT2D eigenvalue weighted by molar-refractivity contribution is 0.194. The number of halogens is 2. The van der Waals surface area contributed by atoms with Gasteiger partial charge in [-0.3, -0.25) is 0 Å². The number of hydrogen-bond acceptors (Lipinski definition) is 1. The van der Waals surface area contributed by atoms with Gasteiger partial charge in [-0.05, 0) is 66.1 Å². The van der Waals surface area contributed by atoms with Crippen LogP contribution in [0.15, 0.2) is 85.1 Å². The lowest BCUT2D eigenvalue weighted by atomic mass is 10.0. The van der Waals surface area contributed by atoms with Crippen molar-refractivity contribution in [1.29, 1.82) is 0 Å². The molecule has 0 spiro atoms. The molecule has 1 aliphatic rings. The molecule has 1 atom stereocenters. The van der Waals surface area contributed by atoms with E-state index in [1.54, 1.807) is 0 Å². The van der Waals surface area contributed by atoms with E-state index in [1.165, 1.54) is 0 Å². The first-order valence-electron chi connectivity index (χ1n) is 10.4. The molecular weight excluding hydrogens is 441 g/mol. The Kier molecular flexibility index (Phi) is 5.41. The predicted octanol–water partition coefficient (Wildman–Crippen LogP) is 7.23. The van der Waals surface area contributed by atoms with Crippen LogP contribution in [-0.4, -0.2) is 15.5 Å². The first kappa shape index (κ1) is 20.7. The van der Waals surface area contributed by atoms with Crippen LogP contribution < -0.4 is 5.32 Å². The third kappa shape index (κ3) is 3.77. The maximum absolute atomic E-state index is 13.7. The minimum atomic E-state index is -0.333. The van der Waals surface area contributed by atoms with Crippen molar-refractivity contribution in [2.45, 2.75) is 19.5 Å². The molecule has 0 saturated heterocycles. The summed E-state index contributed by atoms with van der Waals surface area (Å²) in [6.07, 6.45) is 2.03. The number of benzene rings is 3. The SMILES string of the molecule is Cc1ccc(NC(=O)N2Cc3ccccc3-n3cccc3C2c2cccc(Cl)c2)c(Cl)c1. The fourth-order valence-corrected chi connectivity index (χ4v) is 4.76. The standard InChI is InChI=1S/C26H21Cl2N3O/c1-17-11-12-22(21(28)14-17)29-26(32)31-16-19-6-2-3-9-23(19)30-13-5-10-24(30)25(31)18-7-4-8-20(27)15-18/h2-15,25H,16H2,1H3,(H,29,32). The van der Waals surface area contributed by atoms with Crippen LogP contribution in [0.5, 0.6) is 0 Å². The van der Waals surface area contributed by atoms with Crippen LogP contribution in [0.4, 0.5) is 10.5 Å². The molecule has 0 saturated carbocycles. The number of nitrogens with one attached hydrogen (secondary N) is 1. The number of amides is 2. The topological polar surface area (TPSA) is 37.3 Å². The Bertz CT molecular complexity index is 1310. The average Bonchev–Trinajstić information content (AvgIpc) is 3.20. The fraction of sp³-hybridized carbons (Fsp3) is 0.115. The number of carbonyl (C=O) groups is 1. The highest BCUT2D eigenvalue weighted by molar-refractivity contribution is 6.33. The zero-order valence-corrected chi connectivity index (χ0v) is 18.9. The van der Waals surface area contributed by atoms with Crippen LogP contribution in [0, 0.1) is 6.92 Å². The molecule has 1 N–H and O–H groups in total. The Morgan fingerprint density at radius 2 is 1.81 bits per heavy atom. The van der Waals surface area contributed by atoms with Gasteiger partial charge in [0.1, 0.15) is 0 Å². The number of aryl methyl sites for hydroxylation is 1.